The molecule has 0 atom stereocenters. The lowest BCUT2D eigenvalue weighted by molar-refractivity contribution is -0.192. The van der Waals surface area contributed by atoms with E-state index >= 15 is 0 Å². The van der Waals surface area contributed by atoms with Crippen molar-refractivity contribution < 1.29 is 37.4 Å². The van der Waals surface area contributed by atoms with E-state index < -0.39 is 12.1 Å². The van der Waals surface area contributed by atoms with E-state index in [2.05, 4.69) is 20.6 Å². The van der Waals surface area contributed by atoms with Crippen molar-refractivity contribution in [1.29, 1.82) is 0 Å². The molecule has 0 unspecified atom stereocenters. The Labute approximate surface area is 244 Å². The number of carboxylic acids is 1. The lowest BCUT2D eigenvalue weighted by atomic mass is 10.1. The number of carbonyl (C=O) groups is 3. The lowest BCUT2D eigenvalue weighted by Gasteiger charge is -2.29. The molecule has 4 aromatic rings. The van der Waals surface area contributed by atoms with Gasteiger partial charge in [-0.25, -0.2) is 9.48 Å². The number of carbonyl (C=O) groups excluding carboxylic acids is 2. The first kappa shape index (κ1) is 30.8. The van der Waals surface area contributed by atoms with E-state index in [0.29, 0.717) is 30.2 Å². The van der Waals surface area contributed by atoms with Gasteiger partial charge in [0.15, 0.2) is 0 Å². The van der Waals surface area contributed by atoms with E-state index in [-0.39, 0.29) is 18.2 Å². The van der Waals surface area contributed by atoms with Crippen LogP contribution >= 0.6 is 0 Å². The second kappa shape index (κ2) is 14.1. The van der Waals surface area contributed by atoms with E-state index in [9.17, 15) is 22.8 Å². The number of rotatable bonds is 7. The van der Waals surface area contributed by atoms with Gasteiger partial charge in [-0.2, -0.15) is 18.3 Å². The fourth-order valence-electron chi connectivity index (χ4n) is 4.11. The van der Waals surface area contributed by atoms with Crippen molar-refractivity contribution in [2.45, 2.75) is 12.6 Å². The molecule has 2 amide bonds. The van der Waals surface area contributed by atoms with E-state index in [1.807, 2.05) is 66.7 Å². The van der Waals surface area contributed by atoms with Gasteiger partial charge >= 0.3 is 12.1 Å². The number of carboxylic acid groups (broad SMARTS) is 1. The zero-order chi connectivity index (χ0) is 30.8. The number of halogens is 3. The number of amides is 2. The molecule has 2 heterocycles. The van der Waals surface area contributed by atoms with Crippen LogP contribution in [-0.2, 0) is 20.7 Å². The number of aliphatic carboxylic acids is 1. The molecule has 3 aromatic carbocycles. The topological polar surface area (TPSA) is 126 Å². The Bertz CT molecular complexity index is 1550. The number of nitrogens with one attached hydrogen (secondary N) is 2. The Morgan fingerprint density at radius 1 is 0.860 bits per heavy atom. The van der Waals surface area contributed by atoms with Crippen molar-refractivity contribution >= 4 is 34.8 Å². The quantitative estimate of drug-likeness (QED) is 0.281. The van der Waals surface area contributed by atoms with Gasteiger partial charge in [0.1, 0.15) is 0 Å². The van der Waals surface area contributed by atoms with Crippen molar-refractivity contribution in [1.82, 2.24) is 9.78 Å². The third-order valence-corrected chi connectivity index (χ3v) is 6.17. The van der Waals surface area contributed by atoms with Crippen molar-refractivity contribution in [3.8, 4) is 5.69 Å². The number of hydrogen-bond donors (Lipinski definition) is 3. The van der Waals surface area contributed by atoms with E-state index in [4.69, 9.17) is 14.6 Å². The van der Waals surface area contributed by atoms with Crippen LogP contribution in [0.2, 0.25) is 0 Å². The third kappa shape index (κ3) is 9.16. The summed E-state index contributed by atoms with van der Waals surface area (Å²) in [4.78, 5) is 36.5. The highest BCUT2D eigenvalue weighted by Gasteiger charge is 2.38. The molecule has 1 saturated heterocycles. The molecule has 43 heavy (non-hydrogen) atoms. The second-order valence-electron chi connectivity index (χ2n) is 9.34. The van der Waals surface area contributed by atoms with E-state index in [1.54, 1.807) is 29.2 Å². The summed E-state index contributed by atoms with van der Waals surface area (Å²) in [6, 6.07) is 24.6. The van der Waals surface area contributed by atoms with E-state index in [0.717, 1.165) is 30.0 Å². The van der Waals surface area contributed by atoms with Crippen LogP contribution in [0.3, 0.4) is 0 Å². The predicted molar refractivity (Wildman–Crippen MR) is 153 cm³/mol. The smallest absolute Gasteiger partial charge is 0.475 e. The minimum Gasteiger partial charge on any atom is -0.475 e. The number of ether oxygens (including phenoxy) is 1. The minimum atomic E-state index is -5.08. The van der Waals surface area contributed by atoms with Gasteiger partial charge in [-0.1, -0.05) is 42.5 Å². The molecular weight excluding hydrogens is 567 g/mol. The van der Waals surface area contributed by atoms with Crippen LogP contribution in [0, 0.1) is 0 Å². The maximum atomic E-state index is 13.0. The molecule has 1 aromatic heterocycles. The normalized spacial score (nSPS) is 13.0. The van der Waals surface area contributed by atoms with Gasteiger partial charge in [0.2, 0.25) is 5.91 Å². The molecule has 1 aliphatic heterocycles. The number of hydrogen-bond acceptors (Lipinski definition) is 6. The first-order chi connectivity index (χ1) is 20.6. The monoisotopic (exact) mass is 595 g/mol. The number of aromatic nitrogens is 2. The third-order valence-electron chi connectivity index (χ3n) is 6.17. The molecule has 0 bridgehead atoms. The van der Waals surface area contributed by atoms with Gasteiger partial charge in [-0.05, 0) is 42.0 Å². The molecule has 0 spiro atoms. The molecule has 10 nitrogen and oxygen atoms in total. The summed E-state index contributed by atoms with van der Waals surface area (Å²) in [5.74, 6) is -3.08. The Morgan fingerprint density at radius 2 is 1.53 bits per heavy atom. The van der Waals surface area contributed by atoms with Gasteiger partial charge < -0.3 is 25.4 Å². The molecule has 1 aliphatic rings. The Balaban J connectivity index is 0.000000541. The summed E-state index contributed by atoms with van der Waals surface area (Å²) in [6.07, 6.45) is -1.48. The van der Waals surface area contributed by atoms with Gasteiger partial charge in [0.25, 0.3) is 5.91 Å². The fourth-order valence-corrected chi connectivity index (χ4v) is 4.11. The standard InChI is InChI=1S/C28H27N5O3.C2HF3O2/c34-27(16-21-6-2-1-3-7-21)30-24-19-29-33(20-24)26-11-4-8-22(17-26)28(35)31-23-9-5-10-25(18-23)32-12-14-36-15-13-32;3-2(4,5)1(6)7/h1-11,17-20H,12-16H2,(H,30,34)(H,31,35);(H,6,7). The van der Waals surface area contributed by atoms with Gasteiger partial charge in [-0.15, -0.1) is 0 Å². The molecule has 1 fully saturated rings. The minimum absolute atomic E-state index is 0.117. The molecule has 0 saturated carbocycles. The highest BCUT2D eigenvalue weighted by molar-refractivity contribution is 6.04. The van der Waals surface area contributed by atoms with Gasteiger partial charge in [0.05, 0.1) is 43.4 Å². The number of nitrogens with zero attached hydrogens (tertiary/aromatic N) is 3. The summed E-state index contributed by atoms with van der Waals surface area (Å²) in [7, 11) is 0. The number of morpholine rings is 1. The summed E-state index contributed by atoms with van der Waals surface area (Å²) in [5, 5.41) is 17.3. The maximum Gasteiger partial charge on any atom is 0.490 e. The zero-order valence-corrected chi connectivity index (χ0v) is 22.8. The van der Waals surface area contributed by atoms with Crippen molar-refractivity contribution in [3.05, 3.63) is 102 Å². The Hall–Kier alpha value is -5.17. The summed E-state index contributed by atoms with van der Waals surface area (Å²) in [5.41, 5.74) is 4.55. The first-order valence-electron chi connectivity index (χ1n) is 13.1. The van der Waals surface area contributed by atoms with Crippen LogP contribution in [0.5, 0.6) is 0 Å². The molecule has 13 heteroatoms. The lowest BCUT2D eigenvalue weighted by Crippen LogP contribution is -2.36. The Morgan fingerprint density at radius 3 is 2.23 bits per heavy atom. The van der Waals surface area contributed by atoms with Crippen LogP contribution in [0.25, 0.3) is 5.69 Å². The predicted octanol–water partition coefficient (Wildman–Crippen LogP) is 4.78. The van der Waals surface area contributed by atoms with Crippen molar-refractivity contribution in [3.63, 3.8) is 0 Å². The molecule has 5 rings (SSSR count). The van der Waals surface area contributed by atoms with Crippen LogP contribution in [0.1, 0.15) is 15.9 Å². The largest absolute Gasteiger partial charge is 0.490 e. The maximum absolute atomic E-state index is 13.0. The average molecular weight is 596 g/mol. The zero-order valence-electron chi connectivity index (χ0n) is 22.8. The number of benzene rings is 3. The molecular formula is C30H28F3N5O5. The Kier molecular flexibility index (Phi) is 10.1. The average Bonchev–Trinajstić information content (AvgIpc) is 3.46. The number of anilines is 3. The van der Waals surface area contributed by atoms with Crippen molar-refractivity contribution in [2.75, 3.05) is 41.8 Å². The second-order valence-corrected chi connectivity index (χ2v) is 9.34. The SMILES string of the molecule is O=C(Cc1ccccc1)Nc1cnn(-c2cccc(C(=O)Nc3cccc(N4CCOCC4)c3)c2)c1.O=C(O)C(F)(F)F. The molecule has 3 N–H and O–H groups in total. The first-order valence-corrected chi connectivity index (χ1v) is 13.1. The fraction of sp³-hybridized carbons (Fsp3) is 0.200. The summed E-state index contributed by atoms with van der Waals surface area (Å²) >= 11 is 0. The molecule has 224 valence electrons. The molecule has 0 radical (unpaired) electrons. The summed E-state index contributed by atoms with van der Waals surface area (Å²) < 4.78 is 38.8. The highest BCUT2D eigenvalue weighted by Crippen LogP contribution is 2.22. The van der Waals surface area contributed by atoms with Crippen LogP contribution < -0.4 is 15.5 Å². The van der Waals surface area contributed by atoms with Crippen LogP contribution in [-0.4, -0.2) is 65.2 Å². The van der Waals surface area contributed by atoms with Crippen LogP contribution in [0.15, 0.2) is 91.3 Å². The summed E-state index contributed by atoms with van der Waals surface area (Å²) in [6.45, 7) is 3.07. The number of alkyl halides is 3. The highest BCUT2D eigenvalue weighted by atomic mass is 19.4. The van der Waals surface area contributed by atoms with E-state index in [1.165, 1.54) is 0 Å². The van der Waals surface area contributed by atoms with Crippen LogP contribution in [0.4, 0.5) is 30.2 Å². The van der Waals surface area contributed by atoms with Crippen molar-refractivity contribution in [2.24, 2.45) is 0 Å². The molecule has 0 aliphatic carbocycles. The van der Waals surface area contributed by atoms with Gasteiger partial charge in [-0.3, -0.25) is 9.59 Å². The van der Waals surface area contributed by atoms with Gasteiger partial charge in [0, 0.05) is 30.0 Å².